The monoisotopic (exact) mass is 408 g/mol. The first kappa shape index (κ1) is 19.2. The van der Waals surface area contributed by atoms with Crippen LogP contribution in [0.4, 0.5) is 0 Å². The molecule has 0 bridgehead atoms. The number of aromatic hydroxyl groups is 1. The summed E-state index contributed by atoms with van der Waals surface area (Å²) in [4.78, 5) is 12.2. The molecule has 4 aromatic carbocycles. The van der Waals surface area contributed by atoms with Crippen LogP contribution in [0.5, 0.6) is 5.75 Å². The molecule has 5 aromatic rings. The van der Waals surface area contributed by atoms with E-state index in [1.54, 1.807) is 12.1 Å². The van der Waals surface area contributed by atoms with Crippen molar-refractivity contribution >= 4 is 38.5 Å². The number of fused-ring (bicyclic) bond motifs is 4. The minimum absolute atomic E-state index is 0.177. The highest BCUT2D eigenvalue weighted by Gasteiger charge is 2.20. The molecule has 1 heterocycles. The minimum Gasteiger partial charge on any atom is -0.507 e. The third kappa shape index (κ3) is 3.03. The fourth-order valence-corrected chi connectivity index (χ4v) is 4.57. The standard InChI is InChI=1S/C27H24N2O2/c1-16(2)19-13-23-26(24(30)14-19)25-21(27(28)31)11-6-12-22(25)29(23)15-18-9-5-8-17-7-3-4-10-20(17)18/h3-14,16,30H,15H2,1-2H3,(H2,28,31). The van der Waals surface area contributed by atoms with Gasteiger partial charge in [0.2, 0.25) is 5.91 Å². The summed E-state index contributed by atoms with van der Waals surface area (Å²) in [7, 11) is 0. The number of amides is 1. The quantitative estimate of drug-likeness (QED) is 0.387. The Morgan fingerprint density at radius 3 is 2.45 bits per heavy atom. The van der Waals surface area contributed by atoms with Crippen molar-refractivity contribution in [3.8, 4) is 5.75 Å². The molecule has 31 heavy (non-hydrogen) atoms. The number of primary amides is 1. The lowest BCUT2D eigenvalue weighted by atomic mass is 9.99. The molecule has 154 valence electrons. The van der Waals surface area contributed by atoms with E-state index in [-0.39, 0.29) is 11.7 Å². The number of hydrogen-bond acceptors (Lipinski definition) is 2. The number of nitrogens with two attached hydrogens (primary N) is 1. The van der Waals surface area contributed by atoms with Crippen LogP contribution >= 0.6 is 0 Å². The molecule has 4 heteroatoms. The van der Waals surface area contributed by atoms with Crippen LogP contribution in [0, 0.1) is 0 Å². The fraction of sp³-hybridized carbons (Fsp3) is 0.148. The molecule has 0 unspecified atom stereocenters. The Morgan fingerprint density at radius 1 is 0.935 bits per heavy atom. The van der Waals surface area contributed by atoms with E-state index in [4.69, 9.17) is 5.73 Å². The smallest absolute Gasteiger partial charge is 0.249 e. The molecule has 0 aliphatic rings. The summed E-state index contributed by atoms with van der Waals surface area (Å²) in [6.45, 7) is 4.82. The zero-order valence-electron chi connectivity index (χ0n) is 17.6. The van der Waals surface area contributed by atoms with Crippen LogP contribution in [-0.4, -0.2) is 15.6 Å². The lowest BCUT2D eigenvalue weighted by Gasteiger charge is -2.13. The van der Waals surface area contributed by atoms with Crippen molar-refractivity contribution in [3.63, 3.8) is 0 Å². The molecule has 0 spiro atoms. The number of aromatic nitrogens is 1. The lowest BCUT2D eigenvalue weighted by Crippen LogP contribution is -2.11. The van der Waals surface area contributed by atoms with Crippen LogP contribution in [0.1, 0.15) is 41.3 Å². The van der Waals surface area contributed by atoms with Crippen molar-refractivity contribution in [1.29, 1.82) is 0 Å². The predicted molar refractivity (Wildman–Crippen MR) is 127 cm³/mol. The van der Waals surface area contributed by atoms with Gasteiger partial charge in [0, 0.05) is 17.5 Å². The Balaban J connectivity index is 1.88. The molecule has 1 aromatic heterocycles. The van der Waals surface area contributed by atoms with Crippen LogP contribution in [0.25, 0.3) is 32.6 Å². The molecule has 0 aliphatic heterocycles. The van der Waals surface area contributed by atoms with Gasteiger partial charge >= 0.3 is 0 Å². The SMILES string of the molecule is CC(C)c1cc(O)c2c3c(C(N)=O)cccc3n(Cc3cccc4ccccc34)c2c1. The Bertz CT molecular complexity index is 1470. The maximum Gasteiger partial charge on any atom is 0.249 e. The number of rotatable bonds is 4. The van der Waals surface area contributed by atoms with Gasteiger partial charge in [-0.3, -0.25) is 4.79 Å². The van der Waals surface area contributed by atoms with Gasteiger partial charge in [-0.2, -0.15) is 0 Å². The molecular formula is C27H24N2O2. The van der Waals surface area contributed by atoms with Crippen LogP contribution in [0.3, 0.4) is 0 Å². The number of nitrogens with zero attached hydrogens (tertiary/aromatic N) is 1. The molecule has 1 amide bonds. The first-order chi connectivity index (χ1) is 15.0. The van der Waals surface area contributed by atoms with Crippen LogP contribution < -0.4 is 5.73 Å². The van der Waals surface area contributed by atoms with Crippen LogP contribution in [0.2, 0.25) is 0 Å². The maximum absolute atomic E-state index is 12.2. The zero-order valence-corrected chi connectivity index (χ0v) is 17.6. The molecule has 0 atom stereocenters. The molecule has 0 saturated carbocycles. The van der Waals surface area contributed by atoms with Crippen molar-refractivity contribution < 1.29 is 9.90 Å². The van der Waals surface area contributed by atoms with Crippen molar-refractivity contribution in [2.24, 2.45) is 5.73 Å². The van der Waals surface area contributed by atoms with Crippen LogP contribution in [0.15, 0.2) is 72.8 Å². The number of carbonyl (C=O) groups is 1. The van der Waals surface area contributed by atoms with Crippen molar-refractivity contribution in [2.75, 3.05) is 0 Å². The summed E-state index contributed by atoms with van der Waals surface area (Å²) < 4.78 is 2.18. The van der Waals surface area contributed by atoms with E-state index in [0.29, 0.717) is 22.9 Å². The normalized spacial score (nSPS) is 11.7. The number of carbonyl (C=O) groups excluding carboxylic acids is 1. The van der Waals surface area contributed by atoms with Gasteiger partial charge in [-0.15, -0.1) is 0 Å². The van der Waals surface area contributed by atoms with Gasteiger partial charge in [-0.25, -0.2) is 0 Å². The van der Waals surface area contributed by atoms with E-state index < -0.39 is 5.91 Å². The number of benzene rings is 4. The second-order valence-corrected chi connectivity index (χ2v) is 8.38. The molecule has 0 radical (unpaired) electrons. The molecule has 0 aliphatic carbocycles. The Morgan fingerprint density at radius 2 is 1.68 bits per heavy atom. The topological polar surface area (TPSA) is 68.2 Å². The van der Waals surface area contributed by atoms with Gasteiger partial charge in [0.1, 0.15) is 5.75 Å². The van der Waals surface area contributed by atoms with Gasteiger partial charge in [0.25, 0.3) is 0 Å². The van der Waals surface area contributed by atoms with E-state index in [0.717, 1.165) is 16.6 Å². The lowest BCUT2D eigenvalue weighted by molar-refractivity contribution is 0.100. The van der Waals surface area contributed by atoms with E-state index in [1.165, 1.54) is 16.3 Å². The van der Waals surface area contributed by atoms with E-state index >= 15 is 0 Å². The Hall–Kier alpha value is -3.79. The summed E-state index contributed by atoms with van der Waals surface area (Å²) in [6, 6.07) is 24.1. The van der Waals surface area contributed by atoms with Gasteiger partial charge in [-0.1, -0.05) is 62.4 Å². The van der Waals surface area contributed by atoms with Crippen LogP contribution in [-0.2, 0) is 6.54 Å². The van der Waals surface area contributed by atoms with E-state index in [9.17, 15) is 9.90 Å². The summed E-state index contributed by atoms with van der Waals surface area (Å²) in [5.41, 5.74) is 10.1. The first-order valence-corrected chi connectivity index (χ1v) is 10.5. The number of hydrogen-bond donors (Lipinski definition) is 2. The average molecular weight is 409 g/mol. The molecule has 5 rings (SSSR count). The molecular weight excluding hydrogens is 384 g/mol. The first-order valence-electron chi connectivity index (χ1n) is 10.5. The number of phenols is 1. The van der Waals surface area contributed by atoms with Gasteiger partial charge in [0.05, 0.1) is 16.4 Å². The minimum atomic E-state index is -0.498. The van der Waals surface area contributed by atoms with Gasteiger partial charge < -0.3 is 15.4 Å². The van der Waals surface area contributed by atoms with Crippen molar-refractivity contribution in [2.45, 2.75) is 26.3 Å². The van der Waals surface area contributed by atoms with Crippen molar-refractivity contribution in [1.82, 2.24) is 4.57 Å². The Labute approximate surface area is 180 Å². The van der Waals surface area contributed by atoms with E-state index in [2.05, 4.69) is 54.8 Å². The van der Waals surface area contributed by atoms with E-state index in [1.807, 2.05) is 24.3 Å². The highest BCUT2D eigenvalue weighted by Crippen LogP contribution is 2.40. The highest BCUT2D eigenvalue weighted by atomic mass is 16.3. The third-order valence-electron chi connectivity index (χ3n) is 6.13. The summed E-state index contributed by atoms with van der Waals surface area (Å²) in [6.07, 6.45) is 0. The molecule has 3 N–H and O–H groups in total. The molecule has 4 nitrogen and oxygen atoms in total. The predicted octanol–water partition coefficient (Wildman–Crippen LogP) is 5.92. The zero-order chi connectivity index (χ0) is 21.7. The molecule has 0 saturated heterocycles. The fourth-order valence-electron chi connectivity index (χ4n) is 4.57. The highest BCUT2D eigenvalue weighted by molar-refractivity contribution is 6.19. The average Bonchev–Trinajstić information content (AvgIpc) is 3.08. The summed E-state index contributed by atoms with van der Waals surface area (Å²) in [5, 5.41) is 14.7. The second kappa shape index (κ2) is 7.17. The largest absolute Gasteiger partial charge is 0.507 e. The van der Waals surface area contributed by atoms with Gasteiger partial charge in [-0.05, 0) is 52.1 Å². The second-order valence-electron chi connectivity index (χ2n) is 8.38. The summed E-state index contributed by atoms with van der Waals surface area (Å²) in [5.74, 6) is -0.0614. The summed E-state index contributed by atoms with van der Waals surface area (Å²) >= 11 is 0. The third-order valence-corrected chi connectivity index (χ3v) is 6.13. The maximum atomic E-state index is 12.2. The van der Waals surface area contributed by atoms with Crippen molar-refractivity contribution in [3.05, 3.63) is 89.5 Å². The molecule has 0 fully saturated rings. The number of phenolic OH excluding ortho intramolecular Hbond substituents is 1. The Kier molecular flexibility index (Phi) is 4.44. The van der Waals surface area contributed by atoms with Gasteiger partial charge in [0.15, 0.2) is 0 Å².